The van der Waals surface area contributed by atoms with Crippen LogP contribution in [0.25, 0.3) is 0 Å². The van der Waals surface area contributed by atoms with Crippen LogP contribution < -0.4 is 0 Å². The Morgan fingerprint density at radius 1 is 1.11 bits per heavy atom. The van der Waals surface area contributed by atoms with E-state index in [9.17, 15) is 5.21 Å². The van der Waals surface area contributed by atoms with E-state index in [2.05, 4.69) is 38.9 Å². The Balaban J connectivity index is 2.26. The van der Waals surface area contributed by atoms with Gasteiger partial charge >= 0.3 is 0 Å². The largest absolute Gasteiger partial charge is 0.299 e. The summed E-state index contributed by atoms with van der Waals surface area (Å²) < 4.78 is 0. The molecule has 0 spiro atoms. The van der Waals surface area contributed by atoms with Crippen molar-refractivity contribution in [3.63, 3.8) is 0 Å². The molecular formula is C14H32N2OSi. The molecule has 1 rings (SSSR count). The van der Waals surface area contributed by atoms with Crippen LogP contribution in [0.15, 0.2) is 0 Å². The molecule has 0 bridgehead atoms. The van der Waals surface area contributed by atoms with Crippen LogP contribution in [0.5, 0.6) is 0 Å². The summed E-state index contributed by atoms with van der Waals surface area (Å²) in [6.07, 6.45) is 2.47. The van der Waals surface area contributed by atoms with E-state index in [-0.39, 0.29) is 0 Å². The van der Waals surface area contributed by atoms with Gasteiger partial charge in [0.15, 0.2) is 0 Å². The Bertz CT molecular complexity index is 236. The molecule has 1 saturated heterocycles. The normalized spacial score (nSPS) is 22.7. The molecule has 108 valence electrons. The molecular weight excluding hydrogens is 240 g/mol. The summed E-state index contributed by atoms with van der Waals surface area (Å²) >= 11 is 0. The van der Waals surface area contributed by atoms with Crippen molar-refractivity contribution in [1.29, 1.82) is 0 Å². The van der Waals surface area contributed by atoms with Crippen molar-refractivity contribution >= 4 is 8.07 Å². The fourth-order valence-electron chi connectivity index (χ4n) is 2.43. The number of nitrogens with zero attached hydrogens (tertiary/aromatic N) is 2. The van der Waals surface area contributed by atoms with E-state index < -0.39 is 8.07 Å². The van der Waals surface area contributed by atoms with E-state index in [0.29, 0.717) is 5.92 Å². The average Bonchev–Trinajstić information content (AvgIpc) is 2.26. The van der Waals surface area contributed by atoms with E-state index in [1.165, 1.54) is 30.1 Å². The van der Waals surface area contributed by atoms with Crippen LogP contribution in [0.1, 0.15) is 33.6 Å². The van der Waals surface area contributed by atoms with Gasteiger partial charge in [-0.05, 0) is 30.3 Å². The number of hydrogen-bond acceptors (Lipinski definition) is 3. The van der Waals surface area contributed by atoms with Crippen LogP contribution in [0.2, 0.25) is 25.2 Å². The number of hydrazine groups is 1. The van der Waals surface area contributed by atoms with Crippen LogP contribution in [0.4, 0.5) is 0 Å². The van der Waals surface area contributed by atoms with Gasteiger partial charge in [-0.2, -0.15) is 0 Å². The van der Waals surface area contributed by atoms with E-state index in [0.717, 1.165) is 25.6 Å². The van der Waals surface area contributed by atoms with Gasteiger partial charge in [0.2, 0.25) is 0 Å². The van der Waals surface area contributed by atoms with Crippen LogP contribution in [0.3, 0.4) is 0 Å². The van der Waals surface area contributed by atoms with Gasteiger partial charge < -0.3 is 0 Å². The SMILES string of the molecule is CC(C)CCC(C)CN(O)N1CC[Si](C)(C)CC1. The molecule has 0 aromatic carbocycles. The lowest BCUT2D eigenvalue weighted by Crippen LogP contribution is -2.50. The fourth-order valence-corrected chi connectivity index (χ4v) is 4.41. The molecule has 0 amide bonds. The Kier molecular flexibility index (Phi) is 6.31. The van der Waals surface area contributed by atoms with E-state index in [1.807, 2.05) is 0 Å². The highest BCUT2D eigenvalue weighted by molar-refractivity contribution is 6.77. The molecule has 0 aliphatic carbocycles. The Hall–Kier alpha value is 0.0969. The average molecular weight is 273 g/mol. The summed E-state index contributed by atoms with van der Waals surface area (Å²) in [7, 11) is -0.928. The summed E-state index contributed by atoms with van der Waals surface area (Å²) in [5.41, 5.74) is 0. The summed E-state index contributed by atoms with van der Waals surface area (Å²) in [5.74, 6) is 1.34. The highest BCUT2D eigenvalue weighted by atomic mass is 28.3. The molecule has 3 nitrogen and oxygen atoms in total. The maximum Gasteiger partial charge on any atom is 0.0500 e. The van der Waals surface area contributed by atoms with Gasteiger partial charge in [-0.15, -0.1) is 5.17 Å². The smallest absolute Gasteiger partial charge is 0.0500 e. The zero-order chi connectivity index (χ0) is 13.8. The Morgan fingerprint density at radius 3 is 2.17 bits per heavy atom. The van der Waals surface area contributed by atoms with Crippen molar-refractivity contribution in [2.45, 2.75) is 58.8 Å². The Labute approximate surface area is 114 Å². The molecule has 1 fully saturated rings. The third-order valence-corrected chi connectivity index (χ3v) is 7.29. The minimum atomic E-state index is -0.928. The maximum atomic E-state index is 10.2. The first-order valence-electron chi connectivity index (χ1n) is 7.51. The highest BCUT2D eigenvalue weighted by Gasteiger charge is 2.29. The first kappa shape index (κ1) is 16.2. The summed E-state index contributed by atoms with van der Waals surface area (Å²) in [6.45, 7) is 14.6. The molecule has 0 saturated carbocycles. The third kappa shape index (κ3) is 5.82. The molecule has 1 atom stereocenters. The fraction of sp³-hybridized carbons (Fsp3) is 1.00. The van der Waals surface area contributed by atoms with Crippen molar-refractivity contribution in [2.75, 3.05) is 19.6 Å². The molecule has 1 aliphatic heterocycles. The van der Waals surface area contributed by atoms with Gasteiger partial charge in [0, 0.05) is 27.7 Å². The zero-order valence-electron chi connectivity index (χ0n) is 12.9. The van der Waals surface area contributed by atoms with Crippen LogP contribution in [0, 0.1) is 11.8 Å². The van der Waals surface area contributed by atoms with Gasteiger partial charge in [-0.25, -0.2) is 5.01 Å². The summed E-state index contributed by atoms with van der Waals surface area (Å²) in [5, 5.41) is 13.8. The van der Waals surface area contributed by atoms with Crippen molar-refractivity contribution in [2.24, 2.45) is 11.8 Å². The maximum absolute atomic E-state index is 10.2. The molecule has 1 unspecified atom stereocenters. The second kappa shape index (κ2) is 7.03. The Morgan fingerprint density at radius 2 is 1.67 bits per heavy atom. The van der Waals surface area contributed by atoms with E-state index >= 15 is 0 Å². The zero-order valence-corrected chi connectivity index (χ0v) is 13.9. The molecule has 4 heteroatoms. The van der Waals surface area contributed by atoms with E-state index in [4.69, 9.17) is 0 Å². The predicted molar refractivity (Wildman–Crippen MR) is 80.4 cm³/mol. The standard InChI is InChI=1S/C14H32N2OSi/c1-13(2)6-7-14(3)12-16(17)15-8-10-18(4,5)11-9-15/h13-14,17H,6-12H2,1-5H3. The molecule has 0 radical (unpaired) electrons. The molecule has 1 N–H and O–H groups in total. The molecule has 0 aromatic rings. The first-order chi connectivity index (χ1) is 8.30. The van der Waals surface area contributed by atoms with E-state index in [1.54, 1.807) is 0 Å². The lowest BCUT2D eigenvalue weighted by atomic mass is 9.99. The molecule has 0 aromatic heterocycles. The quantitative estimate of drug-likeness (QED) is 0.590. The summed E-state index contributed by atoms with van der Waals surface area (Å²) in [4.78, 5) is 0. The van der Waals surface area contributed by atoms with Gasteiger partial charge in [0.05, 0.1) is 0 Å². The number of hydrogen-bond donors (Lipinski definition) is 1. The molecule has 18 heavy (non-hydrogen) atoms. The topological polar surface area (TPSA) is 26.7 Å². The lowest BCUT2D eigenvalue weighted by molar-refractivity contribution is -0.250. The highest BCUT2D eigenvalue weighted by Crippen LogP contribution is 2.23. The van der Waals surface area contributed by atoms with Crippen molar-refractivity contribution in [3.05, 3.63) is 0 Å². The van der Waals surface area contributed by atoms with Gasteiger partial charge in [0.1, 0.15) is 0 Å². The summed E-state index contributed by atoms with van der Waals surface area (Å²) in [6, 6.07) is 2.62. The number of hydroxylamine groups is 1. The number of rotatable bonds is 6. The van der Waals surface area contributed by atoms with Crippen molar-refractivity contribution < 1.29 is 5.21 Å². The van der Waals surface area contributed by atoms with Crippen LogP contribution in [-0.2, 0) is 0 Å². The second-order valence-corrected chi connectivity index (χ2v) is 12.6. The molecule has 1 heterocycles. The second-order valence-electron chi connectivity index (χ2n) is 7.25. The third-order valence-electron chi connectivity index (χ3n) is 4.13. The van der Waals surface area contributed by atoms with Crippen LogP contribution in [-0.4, -0.2) is 43.1 Å². The molecule has 1 aliphatic rings. The first-order valence-corrected chi connectivity index (χ1v) is 10.9. The van der Waals surface area contributed by atoms with Crippen LogP contribution >= 0.6 is 0 Å². The van der Waals surface area contributed by atoms with Crippen molar-refractivity contribution in [1.82, 2.24) is 10.2 Å². The minimum Gasteiger partial charge on any atom is -0.299 e. The lowest BCUT2D eigenvalue weighted by Gasteiger charge is -2.39. The monoisotopic (exact) mass is 272 g/mol. The van der Waals surface area contributed by atoms with Gasteiger partial charge in [-0.1, -0.05) is 40.3 Å². The van der Waals surface area contributed by atoms with Gasteiger partial charge in [0.25, 0.3) is 0 Å². The van der Waals surface area contributed by atoms with Crippen molar-refractivity contribution in [3.8, 4) is 0 Å². The predicted octanol–water partition coefficient (Wildman–Crippen LogP) is 3.69. The minimum absolute atomic E-state index is 0.574. The van der Waals surface area contributed by atoms with Gasteiger partial charge in [-0.3, -0.25) is 5.21 Å².